The van der Waals surface area contributed by atoms with Gasteiger partial charge >= 0.3 is 11.9 Å². The number of dihydropyridines is 1. The standard InChI is InChI=1S/C12H17NO4/c1-5-16-12(15)10-8(3)13-6-7(2)11(10)17-9(4)14/h6,11,13H,5H2,1-4H3. The molecule has 0 saturated heterocycles. The molecule has 0 aromatic carbocycles. The lowest BCUT2D eigenvalue weighted by Crippen LogP contribution is -2.33. The van der Waals surface area contributed by atoms with Crippen molar-refractivity contribution in [1.82, 2.24) is 5.32 Å². The smallest absolute Gasteiger partial charge is 0.339 e. The number of rotatable bonds is 3. The molecule has 1 rings (SSSR count). The van der Waals surface area contributed by atoms with Gasteiger partial charge in [-0.3, -0.25) is 4.79 Å². The Balaban J connectivity index is 3.01. The molecule has 0 radical (unpaired) electrons. The van der Waals surface area contributed by atoms with Crippen LogP contribution in [0.2, 0.25) is 0 Å². The topological polar surface area (TPSA) is 64.6 Å². The molecule has 0 aromatic heterocycles. The van der Waals surface area contributed by atoms with Crippen LogP contribution in [0.1, 0.15) is 27.7 Å². The second-order valence-corrected chi connectivity index (χ2v) is 3.78. The van der Waals surface area contributed by atoms with E-state index < -0.39 is 18.0 Å². The first-order valence-corrected chi connectivity index (χ1v) is 5.45. The molecule has 0 amide bonds. The van der Waals surface area contributed by atoms with E-state index in [-0.39, 0.29) is 6.61 Å². The van der Waals surface area contributed by atoms with Crippen LogP contribution in [0.4, 0.5) is 0 Å². The summed E-state index contributed by atoms with van der Waals surface area (Å²) in [6.07, 6.45) is 1.05. The van der Waals surface area contributed by atoms with Crippen LogP contribution in [0.5, 0.6) is 0 Å². The van der Waals surface area contributed by atoms with Crippen LogP contribution in [0.3, 0.4) is 0 Å². The zero-order valence-electron chi connectivity index (χ0n) is 10.5. The van der Waals surface area contributed by atoms with E-state index in [4.69, 9.17) is 9.47 Å². The zero-order chi connectivity index (χ0) is 13.0. The minimum Gasteiger partial charge on any atom is -0.462 e. The van der Waals surface area contributed by atoms with Gasteiger partial charge in [-0.05, 0) is 26.3 Å². The molecule has 0 saturated carbocycles. The van der Waals surface area contributed by atoms with Crippen LogP contribution < -0.4 is 5.32 Å². The molecule has 0 bridgehead atoms. The molecular weight excluding hydrogens is 222 g/mol. The highest BCUT2D eigenvalue weighted by Gasteiger charge is 2.31. The fraction of sp³-hybridized carbons (Fsp3) is 0.500. The Bertz CT molecular complexity index is 395. The molecule has 0 fully saturated rings. The molecule has 0 aromatic rings. The Morgan fingerprint density at radius 1 is 1.41 bits per heavy atom. The van der Waals surface area contributed by atoms with Crippen LogP contribution in [-0.4, -0.2) is 24.6 Å². The van der Waals surface area contributed by atoms with Gasteiger partial charge in [-0.1, -0.05) is 0 Å². The van der Waals surface area contributed by atoms with Crippen molar-refractivity contribution in [3.8, 4) is 0 Å². The van der Waals surface area contributed by atoms with Crippen molar-refractivity contribution in [3.05, 3.63) is 23.0 Å². The van der Waals surface area contributed by atoms with Crippen molar-refractivity contribution in [2.45, 2.75) is 33.8 Å². The van der Waals surface area contributed by atoms with Crippen LogP contribution in [0, 0.1) is 0 Å². The highest BCUT2D eigenvalue weighted by molar-refractivity contribution is 5.92. The van der Waals surface area contributed by atoms with E-state index in [1.54, 1.807) is 27.0 Å². The summed E-state index contributed by atoms with van der Waals surface area (Å²) in [5.74, 6) is -0.893. The van der Waals surface area contributed by atoms with Gasteiger partial charge in [0.25, 0.3) is 0 Å². The number of nitrogens with one attached hydrogen (secondary N) is 1. The largest absolute Gasteiger partial charge is 0.462 e. The summed E-state index contributed by atoms with van der Waals surface area (Å²) in [5, 5.41) is 2.95. The summed E-state index contributed by atoms with van der Waals surface area (Å²) in [6.45, 7) is 6.85. The highest BCUT2D eigenvalue weighted by atomic mass is 16.6. The van der Waals surface area contributed by atoms with Gasteiger partial charge in [0.15, 0.2) is 6.10 Å². The third-order valence-electron chi connectivity index (χ3n) is 2.38. The molecule has 1 N–H and O–H groups in total. The molecule has 1 aliphatic heterocycles. The third kappa shape index (κ3) is 3.09. The average molecular weight is 239 g/mol. The van der Waals surface area contributed by atoms with Crippen molar-refractivity contribution in [2.24, 2.45) is 0 Å². The highest BCUT2D eigenvalue weighted by Crippen LogP contribution is 2.23. The molecule has 1 heterocycles. The van der Waals surface area contributed by atoms with Crippen LogP contribution in [-0.2, 0) is 19.1 Å². The van der Waals surface area contributed by atoms with E-state index in [2.05, 4.69) is 5.32 Å². The van der Waals surface area contributed by atoms with Gasteiger partial charge in [-0.2, -0.15) is 0 Å². The molecule has 17 heavy (non-hydrogen) atoms. The molecular formula is C12H17NO4. The summed E-state index contributed by atoms with van der Waals surface area (Å²) in [6, 6.07) is 0. The summed E-state index contributed by atoms with van der Waals surface area (Å²) in [5.41, 5.74) is 1.75. The first-order chi connectivity index (χ1) is 7.97. The van der Waals surface area contributed by atoms with E-state index >= 15 is 0 Å². The SMILES string of the molecule is CCOC(=O)C1=C(C)NC=C(C)C1OC(C)=O. The molecule has 1 aliphatic rings. The summed E-state index contributed by atoms with van der Waals surface area (Å²) in [7, 11) is 0. The third-order valence-corrected chi connectivity index (χ3v) is 2.38. The lowest BCUT2D eigenvalue weighted by Gasteiger charge is -2.25. The van der Waals surface area contributed by atoms with E-state index in [0.29, 0.717) is 11.3 Å². The van der Waals surface area contributed by atoms with Gasteiger partial charge in [0.1, 0.15) is 5.57 Å². The predicted octanol–water partition coefficient (Wildman–Crippen LogP) is 1.26. The van der Waals surface area contributed by atoms with Gasteiger partial charge in [-0.15, -0.1) is 0 Å². The lowest BCUT2D eigenvalue weighted by atomic mass is 9.99. The van der Waals surface area contributed by atoms with Gasteiger partial charge < -0.3 is 14.8 Å². The monoisotopic (exact) mass is 239 g/mol. The summed E-state index contributed by atoms with van der Waals surface area (Å²) < 4.78 is 10.1. The second kappa shape index (κ2) is 5.52. The maximum atomic E-state index is 11.8. The average Bonchev–Trinajstić information content (AvgIpc) is 2.23. The van der Waals surface area contributed by atoms with Gasteiger partial charge in [-0.25, -0.2) is 4.79 Å². The number of esters is 2. The second-order valence-electron chi connectivity index (χ2n) is 3.78. The van der Waals surface area contributed by atoms with Crippen molar-refractivity contribution in [3.63, 3.8) is 0 Å². The normalized spacial score (nSPS) is 19.3. The van der Waals surface area contributed by atoms with Gasteiger partial charge in [0, 0.05) is 18.8 Å². The molecule has 1 atom stereocenters. The summed E-state index contributed by atoms with van der Waals surface area (Å²) >= 11 is 0. The van der Waals surface area contributed by atoms with Crippen molar-refractivity contribution in [1.29, 1.82) is 0 Å². The minimum absolute atomic E-state index is 0.283. The molecule has 5 heteroatoms. The Morgan fingerprint density at radius 2 is 2.06 bits per heavy atom. The molecule has 5 nitrogen and oxygen atoms in total. The lowest BCUT2D eigenvalue weighted by molar-refractivity contribution is -0.146. The fourth-order valence-electron chi connectivity index (χ4n) is 1.59. The van der Waals surface area contributed by atoms with E-state index in [9.17, 15) is 9.59 Å². The first-order valence-electron chi connectivity index (χ1n) is 5.45. The summed E-state index contributed by atoms with van der Waals surface area (Å²) in [4.78, 5) is 22.9. The zero-order valence-corrected chi connectivity index (χ0v) is 10.5. The number of carbonyl (C=O) groups excluding carboxylic acids is 2. The Morgan fingerprint density at radius 3 is 2.59 bits per heavy atom. The van der Waals surface area contributed by atoms with Gasteiger partial charge in [0.05, 0.1) is 6.61 Å². The molecule has 0 spiro atoms. The van der Waals surface area contributed by atoms with E-state index in [0.717, 1.165) is 5.57 Å². The number of carbonyl (C=O) groups is 2. The maximum Gasteiger partial charge on any atom is 0.339 e. The van der Waals surface area contributed by atoms with E-state index in [1.807, 2.05) is 0 Å². The van der Waals surface area contributed by atoms with Crippen molar-refractivity contribution in [2.75, 3.05) is 6.61 Å². The first kappa shape index (κ1) is 13.3. The Labute approximate surface area is 100 Å². The predicted molar refractivity (Wildman–Crippen MR) is 61.8 cm³/mol. The fourth-order valence-corrected chi connectivity index (χ4v) is 1.59. The Hall–Kier alpha value is -1.78. The van der Waals surface area contributed by atoms with E-state index in [1.165, 1.54) is 6.92 Å². The van der Waals surface area contributed by atoms with Crippen LogP contribution >= 0.6 is 0 Å². The number of ether oxygens (including phenoxy) is 2. The maximum absolute atomic E-state index is 11.8. The van der Waals surface area contributed by atoms with Crippen LogP contribution in [0.25, 0.3) is 0 Å². The van der Waals surface area contributed by atoms with Crippen LogP contribution in [0.15, 0.2) is 23.0 Å². The molecule has 0 aliphatic carbocycles. The van der Waals surface area contributed by atoms with Crippen molar-refractivity contribution < 1.29 is 19.1 Å². The van der Waals surface area contributed by atoms with Gasteiger partial charge in [0.2, 0.25) is 0 Å². The minimum atomic E-state index is -0.659. The molecule has 94 valence electrons. The number of allylic oxidation sites excluding steroid dienone is 1. The number of hydrogen-bond donors (Lipinski definition) is 1. The Kier molecular flexibility index (Phi) is 4.31. The molecule has 1 unspecified atom stereocenters. The quantitative estimate of drug-likeness (QED) is 0.751. The van der Waals surface area contributed by atoms with Crippen molar-refractivity contribution >= 4 is 11.9 Å². The number of hydrogen-bond acceptors (Lipinski definition) is 5.